The Kier molecular flexibility index (Phi) is 5.23. The van der Waals surface area contributed by atoms with Crippen molar-refractivity contribution < 1.29 is 17.9 Å². The number of halogens is 4. The lowest BCUT2D eigenvalue weighted by Crippen LogP contribution is -2.24. The van der Waals surface area contributed by atoms with Crippen LogP contribution in [-0.4, -0.2) is 35.5 Å². The molecular formula is C9H13ClF3N3O. The normalized spacial score (nSPS) is 12.1. The van der Waals surface area contributed by atoms with Crippen molar-refractivity contribution in [3.63, 3.8) is 0 Å². The minimum Gasteiger partial charge on any atom is -0.371 e. The van der Waals surface area contributed by atoms with Crippen molar-refractivity contribution in [3.8, 4) is 0 Å². The maximum absolute atomic E-state index is 11.7. The molecule has 0 aliphatic carbocycles. The molecule has 0 aliphatic rings. The van der Waals surface area contributed by atoms with Gasteiger partial charge in [0.2, 0.25) is 0 Å². The second-order valence-corrected chi connectivity index (χ2v) is 3.79. The molecule has 1 rings (SSSR count). The highest BCUT2D eigenvalue weighted by Gasteiger charge is 2.27. The predicted molar refractivity (Wildman–Crippen MR) is 56.8 cm³/mol. The summed E-state index contributed by atoms with van der Waals surface area (Å²) in [6.45, 7) is -0.472. The molecule has 17 heavy (non-hydrogen) atoms. The summed E-state index contributed by atoms with van der Waals surface area (Å²) in [5.41, 5.74) is 0. The number of rotatable bonds is 6. The van der Waals surface area contributed by atoms with Crippen LogP contribution in [0.4, 0.5) is 13.2 Å². The van der Waals surface area contributed by atoms with E-state index in [0.717, 1.165) is 0 Å². The largest absolute Gasteiger partial charge is 0.411 e. The van der Waals surface area contributed by atoms with E-state index >= 15 is 0 Å². The van der Waals surface area contributed by atoms with Crippen molar-refractivity contribution in [2.24, 2.45) is 7.05 Å². The van der Waals surface area contributed by atoms with Crippen LogP contribution >= 0.6 is 11.6 Å². The maximum atomic E-state index is 11.7. The maximum Gasteiger partial charge on any atom is 0.411 e. The third-order valence-corrected chi connectivity index (χ3v) is 2.35. The van der Waals surface area contributed by atoms with E-state index in [-0.39, 0.29) is 6.61 Å². The third kappa shape index (κ3) is 5.38. The number of nitrogens with zero attached hydrogens (tertiary/aromatic N) is 2. The first-order valence-corrected chi connectivity index (χ1v) is 5.29. The summed E-state index contributed by atoms with van der Waals surface area (Å²) in [7, 11) is 1.76. The zero-order chi connectivity index (χ0) is 12.9. The fourth-order valence-corrected chi connectivity index (χ4v) is 1.27. The average molecular weight is 272 g/mol. The van der Waals surface area contributed by atoms with E-state index in [1.54, 1.807) is 11.6 Å². The third-order valence-electron chi connectivity index (χ3n) is 2.00. The first-order valence-electron chi connectivity index (χ1n) is 4.91. The second kappa shape index (κ2) is 6.23. The van der Waals surface area contributed by atoms with Gasteiger partial charge in [0, 0.05) is 13.6 Å². The van der Waals surface area contributed by atoms with E-state index in [0.29, 0.717) is 24.1 Å². The van der Waals surface area contributed by atoms with E-state index in [1.807, 2.05) is 0 Å². The van der Waals surface area contributed by atoms with Gasteiger partial charge in [-0.15, -0.1) is 0 Å². The van der Waals surface area contributed by atoms with E-state index in [2.05, 4.69) is 15.0 Å². The van der Waals surface area contributed by atoms with Crippen molar-refractivity contribution in [2.75, 3.05) is 19.8 Å². The summed E-state index contributed by atoms with van der Waals surface area (Å²) < 4.78 is 41.3. The fraction of sp³-hybridized carbons (Fsp3) is 0.667. The van der Waals surface area contributed by atoms with Crippen LogP contribution in [0.5, 0.6) is 0 Å². The highest BCUT2D eigenvalue weighted by molar-refractivity contribution is 6.29. The molecule has 1 N–H and O–H groups in total. The predicted octanol–water partition coefficient (Wildman–Crippen LogP) is 1.74. The monoisotopic (exact) mass is 271 g/mol. The van der Waals surface area contributed by atoms with Gasteiger partial charge < -0.3 is 14.6 Å². The highest BCUT2D eigenvalue weighted by atomic mass is 35.5. The van der Waals surface area contributed by atoms with Crippen LogP contribution in [0.3, 0.4) is 0 Å². The van der Waals surface area contributed by atoms with Gasteiger partial charge in [0.25, 0.3) is 0 Å². The number of imidazole rings is 1. The molecule has 0 radical (unpaired) electrons. The molecule has 98 valence electrons. The van der Waals surface area contributed by atoms with Crippen molar-refractivity contribution in [3.05, 3.63) is 17.2 Å². The molecule has 1 aromatic heterocycles. The van der Waals surface area contributed by atoms with Crippen molar-refractivity contribution >= 4 is 11.6 Å². The molecule has 0 saturated heterocycles. The van der Waals surface area contributed by atoms with E-state index in [4.69, 9.17) is 11.6 Å². The standard InChI is InChI=1S/C9H13ClF3N3O/c1-16-7(10)4-15-8(16)5-14-2-3-17-6-9(11,12)13/h4,14H,2-3,5-6H2,1H3. The average Bonchev–Trinajstić information content (AvgIpc) is 2.53. The molecule has 0 unspecified atom stereocenters. The molecular weight excluding hydrogens is 259 g/mol. The molecule has 0 spiro atoms. The molecule has 1 heterocycles. The molecule has 0 saturated carbocycles. The van der Waals surface area contributed by atoms with Crippen LogP contribution in [-0.2, 0) is 18.3 Å². The Labute approximate surface area is 102 Å². The number of alkyl halides is 3. The van der Waals surface area contributed by atoms with Gasteiger partial charge >= 0.3 is 6.18 Å². The zero-order valence-electron chi connectivity index (χ0n) is 9.22. The summed E-state index contributed by atoms with van der Waals surface area (Å²) >= 11 is 5.77. The Hall–Kier alpha value is -0.790. The zero-order valence-corrected chi connectivity index (χ0v) is 9.98. The first-order chi connectivity index (χ1) is 7.90. The van der Waals surface area contributed by atoms with Gasteiger partial charge in [-0.2, -0.15) is 13.2 Å². The van der Waals surface area contributed by atoms with Crippen LogP contribution < -0.4 is 5.32 Å². The number of hydrogen-bond donors (Lipinski definition) is 1. The molecule has 8 heteroatoms. The van der Waals surface area contributed by atoms with E-state index in [1.165, 1.54) is 6.20 Å². The topological polar surface area (TPSA) is 39.1 Å². The van der Waals surface area contributed by atoms with Gasteiger partial charge in [0.1, 0.15) is 17.6 Å². The molecule has 0 aliphatic heterocycles. The summed E-state index contributed by atoms with van der Waals surface area (Å²) in [6, 6.07) is 0. The quantitative estimate of drug-likeness (QED) is 0.801. The Morgan fingerprint density at radius 1 is 1.53 bits per heavy atom. The van der Waals surface area contributed by atoms with Gasteiger partial charge in [0.05, 0.1) is 19.3 Å². The van der Waals surface area contributed by atoms with Crippen LogP contribution in [0.1, 0.15) is 5.82 Å². The summed E-state index contributed by atoms with van der Waals surface area (Å²) in [5.74, 6) is 0.714. The Bertz CT molecular complexity index is 354. The number of hydrogen-bond acceptors (Lipinski definition) is 3. The van der Waals surface area contributed by atoms with Gasteiger partial charge in [-0.05, 0) is 0 Å². The van der Waals surface area contributed by atoms with Crippen LogP contribution in [0.2, 0.25) is 5.15 Å². The van der Waals surface area contributed by atoms with Crippen molar-refractivity contribution in [2.45, 2.75) is 12.7 Å². The fourth-order valence-electron chi connectivity index (χ4n) is 1.12. The SMILES string of the molecule is Cn1c(Cl)cnc1CNCCOCC(F)(F)F. The van der Waals surface area contributed by atoms with E-state index < -0.39 is 12.8 Å². The van der Waals surface area contributed by atoms with Crippen LogP contribution in [0, 0.1) is 0 Å². The molecule has 0 atom stereocenters. The van der Waals surface area contributed by atoms with Gasteiger partial charge in [-0.1, -0.05) is 11.6 Å². The Morgan fingerprint density at radius 2 is 2.24 bits per heavy atom. The van der Waals surface area contributed by atoms with Crippen LogP contribution in [0.15, 0.2) is 6.20 Å². The summed E-state index contributed by atoms with van der Waals surface area (Å²) in [6.07, 6.45) is -2.76. The first kappa shape index (κ1) is 14.3. The molecule has 0 fully saturated rings. The van der Waals surface area contributed by atoms with Crippen LogP contribution in [0.25, 0.3) is 0 Å². The summed E-state index contributed by atoms with van der Waals surface area (Å²) in [5, 5.41) is 3.42. The van der Waals surface area contributed by atoms with Crippen molar-refractivity contribution in [1.29, 1.82) is 0 Å². The molecule has 4 nitrogen and oxygen atoms in total. The lowest BCUT2D eigenvalue weighted by Gasteiger charge is -2.08. The second-order valence-electron chi connectivity index (χ2n) is 3.40. The summed E-state index contributed by atoms with van der Waals surface area (Å²) in [4.78, 5) is 4.02. The number of aromatic nitrogens is 2. The molecule has 0 bridgehead atoms. The minimum absolute atomic E-state index is 0.00232. The molecule has 0 amide bonds. The lowest BCUT2D eigenvalue weighted by molar-refractivity contribution is -0.173. The molecule has 0 aromatic carbocycles. The van der Waals surface area contributed by atoms with Gasteiger partial charge in [-0.3, -0.25) is 0 Å². The number of nitrogens with one attached hydrogen (secondary N) is 1. The lowest BCUT2D eigenvalue weighted by atomic mass is 10.5. The highest BCUT2D eigenvalue weighted by Crippen LogP contribution is 2.14. The smallest absolute Gasteiger partial charge is 0.371 e. The Balaban J connectivity index is 2.11. The number of ether oxygens (including phenoxy) is 1. The van der Waals surface area contributed by atoms with Gasteiger partial charge in [0.15, 0.2) is 0 Å². The van der Waals surface area contributed by atoms with E-state index in [9.17, 15) is 13.2 Å². The van der Waals surface area contributed by atoms with Gasteiger partial charge in [-0.25, -0.2) is 4.98 Å². The van der Waals surface area contributed by atoms with Crippen molar-refractivity contribution in [1.82, 2.24) is 14.9 Å². The molecule has 1 aromatic rings. The minimum atomic E-state index is -4.27. The Morgan fingerprint density at radius 3 is 2.76 bits per heavy atom.